The van der Waals surface area contributed by atoms with Crippen LogP contribution in [0.1, 0.15) is 5.56 Å². The normalized spacial score (nSPS) is 11.2. The molecule has 0 spiro atoms. The van der Waals surface area contributed by atoms with E-state index in [0.717, 1.165) is 11.8 Å². The molecule has 0 unspecified atom stereocenters. The molecule has 0 fully saturated rings. The molecule has 0 aliphatic carbocycles. The first-order valence-corrected chi connectivity index (χ1v) is 5.73. The standard InChI is InChI=1S/C10H12Cl2N4O2/c1-13-9(6-16(17)18)15(2)5-7-3-8(11)10(12)14-4-7/h3-4,6,13H,5H2,1-2H3/b9-6+. The first-order valence-electron chi connectivity index (χ1n) is 4.98. The quantitative estimate of drug-likeness (QED) is 0.511. The maximum Gasteiger partial charge on any atom is 0.274 e. The highest BCUT2D eigenvalue weighted by Gasteiger charge is 2.09. The lowest BCUT2D eigenvalue weighted by Gasteiger charge is -2.20. The van der Waals surface area contributed by atoms with Gasteiger partial charge >= 0.3 is 0 Å². The molecule has 0 saturated carbocycles. The van der Waals surface area contributed by atoms with Crippen LogP contribution in [0.15, 0.2) is 24.3 Å². The molecule has 6 nitrogen and oxygen atoms in total. The summed E-state index contributed by atoms with van der Waals surface area (Å²) < 4.78 is 0. The van der Waals surface area contributed by atoms with E-state index in [1.165, 1.54) is 0 Å². The van der Waals surface area contributed by atoms with Crippen LogP contribution in [0, 0.1) is 10.1 Å². The van der Waals surface area contributed by atoms with Gasteiger partial charge in [0.15, 0.2) is 5.82 Å². The van der Waals surface area contributed by atoms with Gasteiger partial charge in [-0.25, -0.2) is 4.98 Å². The molecule has 1 rings (SSSR count). The molecule has 0 aliphatic heterocycles. The van der Waals surface area contributed by atoms with Crippen molar-refractivity contribution in [2.45, 2.75) is 6.54 Å². The second-order valence-electron chi connectivity index (χ2n) is 3.52. The van der Waals surface area contributed by atoms with Crippen molar-refractivity contribution in [1.29, 1.82) is 0 Å². The van der Waals surface area contributed by atoms with Gasteiger partial charge in [0.25, 0.3) is 6.20 Å². The highest BCUT2D eigenvalue weighted by atomic mass is 35.5. The number of hydrogen-bond donors (Lipinski definition) is 1. The zero-order valence-electron chi connectivity index (χ0n) is 9.85. The highest BCUT2D eigenvalue weighted by molar-refractivity contribution is 6.41. The Labute approximate surface area is 114 Å². The molecule has 1 aromatic heterocycles. The average molecular weight is 291 g/mol. The van der Waals surface area contributed by atoms with Gasteiger partial charge in [0.1, 0.15) is 5.15 Å². The number of nitrogens with one attached hydrogen (secondary N) is 1. The molecular formula is C10H12Cl2N4O2. The van der Waals surface area contributed by atoms with E-state index in [2.05, 4.69) is 10.3 Å². The molecule has 0 amide bonds. The third kappa shape index (κ3) is 4.05. The zero-order valence-corrected chi connectivity index (χ0v) is 11.4. The molecule has 0 saturated heterocycles. The molecular weight excluding hydrogens is 279 g/mol. The molecule has 1 N–H and O–H groups in total. The Hall–Kier alpha value is -1.53. The minimum Gasteiger partial charge on any atom is -0.370 e. The Morgan fingerprint density at radius 3 is 2.83 bits per heavy atom. The minimum absolute atomic E-state index is 0.234. The lowest BCUT2D eigenvalue weighted by molar-refractivity contribution is -0.404. The number of halogens is 2. The fraction of sp³-hybridized carbons (Fsp3) is 0.300. The average Bonchev–Trinajstić information content (AvgIpc) is 2.30. The number of hydrogen-bond acceptors (Lipinski definition) is 5. The van der Waals surface area contributed by atoms with Crippen LogP contribution < -0.4 is 5.32 Å². The van der Waals surface area contributed by atoms with Crippen LogP contribution in [0.5, 0.6) is 0 Å². The Kier molecular flexibility index (Phi) is 5.18. The fourth-order valence-electron chi connectivity index (χ4n) is 1.36. The van der Waals surface area contributed by atoms with Gasteiger partial charge in [0, 0.05) is 26.8 Å². The van der Waals surface area contributed by atoms with Crippen LogP contribution in [-0.4, -0.2) is 28.9 Å². The number of pyridine rings is 1. The molecule has 8 heteroatoms. The van der Waals surface area contributed by atoms with Gasteiger partial charge in [-0.15, -0.1) is 0 Å². The summed E-state index contributed by atoms with van der Waals surface area (Å²) in [4.78, 5) is 15.5. The number of rotatable bonds is 5. The van der Waals surface area contributed by atoms with Crippen molar-refractivity contribution < 1.29 is 4.92 Å². The SMILES string of the molecule is CN/C(=C\[N+](=O)[O-])N(C)Cc1cnc(Cl)c(Cl)c1. The number of nitro groups is 1. The summed E-state index contributed by atoms with van der Waals surface area (Å²) in [5.41, 5.74) is 0.802. The van der Waals surface area contributed by atoms with Crippen LogP contribution in [0.25, 0.3) is 0 Å². The van der Waals surface area contributed by atoms with E-state index in [-0.39, 0.29) is 5.15 Å². The minimum atomic E-state index is -0.518. The predicted molar refractivity (Wildman–Crippen MR) is 69.9 cm³/mol. The highest BCUT2D eigenvalue weighted by Crippen LogP contribution is 2.20. The van der Waals surface area contributed by atoms with Crippen molar-refractivity contribution in [3.05, 3.63) is 50.1 Å². The van der Waals surface area contributed by atoms with Crippen LogP contribution >= 0.6 is 23.2 Å². The predicted octanol–water partition coefficient (Wildman–Crippen LogP) is 2.12. The first kappa shape index (κ1) is 14.5. The number of nitrogens with zero attached hydrogens (tertiary/aromatic N) is 3. The van der Waals surface area contributed by atoms with Gasteiger partial charge in [-0.3, -0.25) is 10.1 Å². The van der Waals surface area contributed by atoms with Gasteiger partial charge in [-0.2, -0.15) is 0 Å². The smallest absolute Gasteiger partial charge is 0.274 e. The molecule has 18 heavy (non-hydrogen) atoms. The van der Waals surface area contributed by atoms with Crippen molar-refractivity contribution >= 4 is 23.2 Å². The monoisotopic (exact) mass is 290 g/mol. The Balaban J connectivity index is 2.82. The third-order valence-electron chi connectivity index (χ3n) is 2.17. The van der Waals surface area contributed by atoms with E-state index >= 15 is 0 Å². The van der Waals surface area contributed by atoms with Crippen molar-refractivity contribution in [3.63, 3.8) is 0 Å². The molecule has 0 aliphatic rings. The van der Waals surface area contributed by atoms with Crippen molar-refractivity contribution in [2.75, 3.05) is 14.1 Å². The fourth-order valence-corrected chi connectivity index (χ4v) is 1.65. The van der Waals surface area contributed by atoms with Gasteiger partial charge in [0.2, 0.25) is 0 Å². The van der Waals surface area contributed by atoms with E-state index < -0.39 is 4.92 Å². The van der Waals surface area contributed by atoms with Gasteiger partial charge in [0.05, 0.1) is 9.95 Å². The second kappa shape index (κ2) is 6.42. The third-order valence-corrected chi connectivity index (χ3v) is 2.85. The van der Waals surface area contributed by atoms with E-state index in [4.69, 9.17) is 23.2 Å². The summed E-state index contributed by atoms with van der Waals surface area (Å²) in [6.07, 6.45) is 2.47. The first-order chi connectivity index (χ1) is 8.43. The molecule has 1 heterocycles. The summed E-state index contributed by atoms with van der Waals surface area (Å²) in [7, 11) is 3.33. The zero-order chi connectivity index (χ0) is 13.7. The molecule has 0 bridgehead atoms. The number of aromatic nitrogens is 1. The molecule has 98 valence electrons. The maximum absolute atomic E-state index is 10.4. The summed E-state index contributed by atoms with van der Waals surface area (Å²) >= 11 is 11.5. The van der Waals surface area contributed by atoms with E-state index in [9.17, 15) is 10.1 Å². The Morgan fingerprint density at radius 2 is 2.33 bits per heavy atom. The van der Waals surface area contributed by atoms with Crippen LogP contribution in [0.2, 0.25) is 10.2 Å². The summed E-state index contributed by atoms with van der Waals surface area (Å²) in [6.45, 7) is 0.421. The van der Waals surface area contributed by atoms with Crippen molar-refractivity contribution in [1.82, 2.24) is 15.2 Å². The van der Waals surface area contributed by atoms with Crippen LogP contribution in [0.4, 0.5) is 0 Å². The summed E-state index contributed by atoms with van der Waals surface area (Å²) in [6, 6.07) is 1.67. The molecule has 1 aromatic rings. The molecule has 0 atom stereocenters. The molecule has 0 radical (unpaired) electrons. The van der Waals surface area contributed by atoms with Crippen molar-refractivity contribution in [2.24, 2.45) is 0 Å². The maximum atomic E-state index is 10.4. The van der Waals surface area contributed by atoms with Gasteiger partial charge in [-0.1, -0.05) is 23.2 Å². The van der Waals surface area contributed by atoms with Crippen LogP contribution in [-0.2, 0) is 6.54 Å². The van der Waals surface area contributed by atoms with Gasteiger partial charge < -0.3 is 10.2 Å². The Bertz CT molecular complexity index is 479. The largest absolute Gasteiger partial charge is 0.370 e. The summed E-state index contributed by atoms with van der Waals surface area (Å²) in [5, 5.41) is 13.8. The van der Waals surface area contributed by atoms with E-state index in [1.54, 1.807) is 31.3 Å². The second-order valence-corrected chi connectivity index (χ2v) is 4.29. The van der Waals surface area contributed by atoms with Gasteiger partial charge in [-0.05, 0) is 11.6 Å². The van der Waals surface area contributed by atoms with E-state index in [1.807, 2.05) is 0 Å². The lowest BCUT2D eigenvalue weighted by atomic mass is 10.3. The Morgan fingerprint density at radius 1 is 1.67 bits per heavy atom. The van der Waals surface area contributed by atoms with E-state index in [0.29, 0.717) is 17.4 Å². The van der Waals surface area contributed by atoms with Crippen LogP contribution in [0.3, 0.4) is 0 Å². The lowest BCUT2D eigenvalue weighted by Crippen LogP contribution is -2.26. The summed E-state index contributed by atoms with van der Waals surface area (Å²) in [5.74, 6) is 0.381. The molecule has 0 aromatic carbocycles. The topological polar surface area (TPSA) is 71.3 Å². The van der Waals surface area contributed by atoms with Crippen molar-refractivity contribution in [3.8, 4) is 0 Å².